The Morgan fingerprint density at radius 2 is 1.75 bits per heavy atom. The van der Waals surface area contributed by atoms with Crippen molar-refractivity contribution in [1.29, 1.82) is 0 Å². The van der Waals surface area contributed by atoms with Gasteiger partial charge in [0.15, 0.2) is 0 Å². The van der Waals surface area contributed by atoms with Crippen molar-refractivity contribution in [1.82, 2.24) is 9.78 Å². The van der Waals surface area contributed by atoms with E-state index in [0.717, 1.165) is 17.3 Å². The lowest BCUT2D eigenvalue weighted by Gasteiger charge is -2.25. The molecule has 1 aliphatic carbocycles. The molecule has 1 aromatic carbocycles. The van der Waals surface area contributed by atoms with Gasteiger partial charge in [-0.2, -0.15) is 5.10 Å². The van der Waals surface area contributed by atoms with Crippen molar-refractivity contribution in [3.63, 3.8) is 0 Å². The number of aryl methyl sites for hydroxylation is 1. The van der Waals surface area contributed by atoms with Crippen molar-refractivity contribution in [3.8, 4) is 11.1 Å². The van der Waals surface area contributed by atoms with E-state index in [-0.39, 0.29) is 0 Å². The number of anilines is 1. The van der Waals surface area contributed by atoms with E-state index in [1.54, 1.807) is 0 Å². The first-order valence-corrected chi connectivity index (χ1v) is 7.54. The first kappa shape index (κ1) is 13.2. The van der Waals surface area contributed by atoms with E-state index in [9.17, 15) is 0 Å². The van der Waals surface area contributed by atoms with Gasteiger partial charge in [-0.1, -0.05) is 50.1 Å². The summed E-state index contributed by atoms with van der Waals surface area (Å²) in [5, 5.41) is 4.73. The van der Waals surface area contributed by atoms with E-state index < -0.39 is 0 Å². The highest BCUT2D eigenvalue weighted by molar-refractivity contribution is 5.77. The average molecular weight is 269 g/mol. The smallest absolute Gasteiger partial charge is 0.129 e. The number of hydrogen-bond donors (Lipinski definition) is 1. The molecule has 3 heteroatoms. The molecule has 1 fully saturated rings. The van der Waals surface area contributed by atoms with Crippen molar-refractivity contribution in [2.75, 3.05) is 5.73 Å². The summed E-state index contributed by atoms with van der Waals surface area (Å²) in [4.78, 5) is 0. The fourth-order valence-corrected chi connectivity index (χ4v) is 3.28. The van der Waals surface area contributed by atoms with E-state index in [1.165, 1.54) is 36.9 Å². The number of nitrogen functional groups attached to an aromatic ring is 1. The molecule has 3 rings (SSSR count). The van der Waals surface area contributed by atoms with Crippen LogP contribution in [0.3, 0.4) is 0 Å². The zero-order chi connectivity index (χ0) is 14.1. The minimum Gasteiger partial charge on any atom is -0.383 e. The Bertz CT molecular complexity index is 578. The number of nitrogens with zero attached hydrogens (tertiary/aromatic N) is 2. The molecule has 0 saturated heterocycles. The maximum atomic E-state index is 6.27. The average Bonchev–Trinajstić information content (AvgIpc) is 2.77. The first-order chi connectivity index (χ1) is 9.66. The van der Waals surface area contributed by atoms with Gasteiger partial charge >= 0.3 is 0 Å². The van der Waals surface area contributed by atoms with Crippen LogP contribution in [0, 0.1) is 5.92 Å². The Morgan fingerprint density at radius 3 is 2.40 bits per heavy atom. The second-order valence-corrected chi connectivity index (χ2v) is 6.09. The molecule has 1 aliphatic rings. The van der Waals surface area contributed by atoms with E-state index in [2.05, 4.69) is 31.2 Å². The monoisotopic (exact) mass is 269 g/mol. The SMILES string of the molecule is CC1CCC(c2nn(C)c(N)c2-c2ccccc2)CC1. The third-order valence-electron chi connectivity index (χ3n) is 4.58. The van der Waals surface area contributed by atoms with Crippen molar-refractivity contribution in [2.45, 2.75) is 38.5 Å². The van der Waals surface area contributed by atoms with Gasteiger partial charge in [-0.05, 0) is 24.3 Å². The summed E-state index contributed by atoms with van der Waals surface area (Å²) in [5.41, 5.74) is 9.80. The van der Waals surface area contributed by atoms with Gasteiger partial charge in [-0.25, -0.2) is 0 Å². The second-order valence-electron chi connectivity index (χ2n) is 6.09. The minimum atomic E-state index is 0.560. The van der Waals surface area contributed by atoms with E-state index in [0.29, 0.717) is 5.92 Å². The summed E-state index contributed by atoms with van der Waals surface area (Å²) in [6.45, 7) is 2.35. The number of hydrogen-bond acceptors (Lipinski definition) is 2. The van der Waals surface area contributed by atoms with Gasteiger partial charge in [0.25, 0.3) is 0 Å². The molecule has 106 valence electrons. The summed E-state index contributed by atoms with van der Waals surface area (Å²) >= 11 is 0. The van der Waals surface area contributed by atoms with Gasteiger partial charge in [0.05, 0.1) is 5.69 Å². The third-order valence-corrected chi connectivity index (χ3v) is 4.58. The number of aromatic nitrogens is 2. The molecule has 2 N–H and O–H groups in total. The molecule has 2 aromatic rings. The Balaban J connectivity index is 2.01. The molecule has 0 radical (unpaired) electrons. The van der Waals surface area contributed by atoms with Crippen LogP contribution in [0.2, 0.25) is 0 Å². The van der Waals surface area contributed by atoms with E-state index >= 15 is 0 Å². The Kier molecular flexibility index (Phi) is 3.51. The molecule has 0 spiro atoms. The lowest BCUT2D eigenvalue weighted by atomic mass is 9.80. The topological polar surface area (TPSA) is 43.8 Å². The zero-order valence-corrected chi connectivity index (χ0v) is 12.3. The lowest BCUT2D eigenvalue weighted by molar-refractivity contribution is 0.343. The predicted octanol–water partition coefficient (Wildman–Crippen LogP) is 3.96. The second kappa shape index (κ2) is 5.31. The molecule has 0 bridgehead atoms. The Morgan fingerprint density at radius 1 is 1.10 bits per heavy atom. The van der Waals surface area contributed by atoms with Crippen LogP contribution in [0.25, 0.3) is 11.1 Å². The van der Waals surface area contributed by atoms with Crippen molar-refractivity contribution >= 4 is 5.82 Å². The molecule has 1 aromatic heterocycles. The summed E-state index contributed by atoms with van der Waals surface area (Å²) < 4.78 is 1.83. The molecule has 0 aliphatic heterocycles. The molecular formula is C17H23N3. The molecule has 0 amide bonds. The van der Waals surface area contributed by atoms with Gasteiger partial charge in [0.2, 0.25) is 0 Å². The molecule has 0 atom stereocenters. The van der Waals surface area contributed by atoms with Crippen LogP contribution in [0.5, 0.6) is 0 Å². The van der Waals surface area contributed by atoms with E-state index in [1.807, 2.05) is 17.8 Å². The van der Waals surface area contributed by atoms with Crippen LogP contribution >= 0.6 is 0 Å². The number of nitrogens with two attached hydrogens (primary N) is 1. The van der Waals surface area contributed by atoms with Gasteiger partial charge in [0.1, 0.15) is 5.82 Å². The van der Waals surface area contributed by atoms with Crippen LogP contribution in [-0.2, 0) is 7.05 Å². The Hall–Kier alpha value is -1.77. The van der Waals surface area contributed by atoms with Crippen LogP contribution in [0.1, 0.15) is 44.2 Å². The van der Waals surface area contributed by atoms with Gasteiger partial charge in [-0.15, -0.1) is 0 Å². The normalized spacial score (nSPS) is 22.9. The van der Waals surface area contributed by atoms with Crippen LogP contribution < -0.4 is 5.73 Å². The highest BCUT2D eigenvalue weighted by Gasteiger charge is 2.26. The molecule has 20 heavy (non-hydrogen) atoms. The summed E-state index contributed by atoms with van der Waals surface area (Å²) in [6.07, 6.45) is 5.07. The van der Waals surface area contributed by atoms with Crippen LogP contribution in [-0.4, -0.2) is 9.78 Å². The highest BCUT2D eigenvalue weighted by atomic mass is 15.3. The molecule has 1 saturated carbocycles. The first-order valence-electron chi connectivity index (χ1n) is 7.54. The minimum absolute atomic E-state index is 0.560. The van der Waals surface area contributed by atoms with Gasteiger partial charge in [-0.3, -0.25) is 4.68 Å². The molecule has 0 unspecified atom stereocenters. The van der Waals surface area contributed by atoms with E-state index in [4.69, 9.17) is 10.8 Å². The quantitative estimate of drug-likeness (QED) is 0.896. The van der Waals surface area contributed by atoms with Crippen LogP contribution in [0.4, 0.5) is 5.82 Å². The summed E-state index contributed by atoms with van der Waals surface area (Å²) in [5.74, 6) is 2.20. The largest absolute Gasteiger partial charge is 0.383 e. The lowest BCUT2D eigenvalue weighted by Crippen LogP contribution is -2.12. The summed E-state index contributed by atoms with van der Waals surface area (Å²) in [7, 11) is 1.94. The fraction of sp³-hybridized carbons (Fsp3) is 0.471. The highest BCUT2D eigenvalue weighted by Crippen LogP contribution is 2.41. The third kappa shape index (κ3) is 2.33. The molecule has 1 heterocycles. The maximum absolute atomic E-state index is 6.27. The predicted molar refractivity (Wildman–Crippen MR) is 83.4 cm³/mol. The van der Waals surface area contributed by atoms with Gasteiger partial charge < -0.3 is 5.73 Å². The number of benzene rings is 1. The summed E-state index contributed by atoms with van der Waals surface area (Å²) in [6, 6.07) is 10.4. The number of rotatable bonds is 2. The molecule has 3 nitrogen and oxygen atoms in total. The maximum Gasteiger partial charge on any atom is 0.129 e. The zero-order valence-electron chi connectivity index (χ0n) is 12.3. The fourth-order valence-electron chi connectivity index (χ4n) is 3.28. The van der Waals surface area contributed by atoms with Crippen molar-refractivity contribution < 1.29 is 0 Å². The van der Waals surface area contributed by atoms with Crippen molar-refractivity contribution in [3.05, 3.63) is 36.0 Å². The Labute approximate surface area is 120 Å². The van der Waals surface area contributed by atoms with Gasteiger partial charge in [0, 0.05) is 18.5 Å². The van der Waals surface area contributed by atoms with Crippen LogP contribution in [0.15, 0.2) is 30.3 Å². The standard InChI is InChI=1S/C17H23N3/c1-12-8-10-14(11-9-12)16-15(17(18)20(2)19-16)13-6-4-3-5-7-13/h3-7,12,14H,8-11,18H2,1-2H3. The molecular weight excluding hydrogens is 246 g/mol. The van der Waals surface area contributed by atoms with Crippen molar-refractivity contribution in [2.24, 2.45) is 13.0 Å².